The Balaban J connectivity index is 1.80. The summed E-state index contributed by atoms with van der Waals surface area (Å²) in [6, 6.07) is 11.1. The van der Waals surface area contributed by atoms with Crippen LogP contribution in [-0.2, 0) is 11.3 Å². The molecule has 0 aromatic heterocycles. The van der Waals surface area contributed by atoms with Crippen molar-refractivity contribution in [3.63, 3.8) is 0 Å². The van der Waals surface area contributed by atoms with Gasteiger partial charge in [-0.3, -0.25) is 0 Å². The second-order valence-corrected chi connectivity index (χ2v) is 6.12. The molecular weight excluding hydrogens is 262 g/mol. The number of rotatable bonds is 8. The third-order valence-electron chi connectivity index (χ3n) is 4.28. The lowest BCUT2D eigenvalue weighted by atomic mass is 9.94. The van der Waals surface area contributed by atoms with Gasteiger partial charge in [0.05, 0.1) is 19.3 Å². The van der Waals surface area contributed by atoms with Crippen molar-refractivity contribution < 1.29 is 9.84 Å². The number of piperidine rings is 1. The Bertz CT molecular complexity index is 382. The molecule has 0 spiro atoms. The summed E-state index contributed by atoms with van der Waals surface area (Å²) in [6.45, 7) is 3.16. The van der Waals surface area contributed by atoms with Gasteiger partial charge < -0.3 is 15.2 Å². The van der Waals surface area contributed by atoms with Crippen molar-refractivity contribution in [2.24, 2.45) is 0 Å². The third kappa shape index (κ3) is 5.77. The van der Waals surface area contributed by atoms with Gasteiger partial charge in [-0.1, -0.05) is 50.1 Å². The molecule has 3 nitrogen and oxygen atoms in total. The highest BCUT2D eigenvalue weighted by molar-refractivity contribution is 5.13. The summed E-state index contributed by atoms with van der Waals surface area (Å²) in [5.74, 6) is 0. The summed E-state index contributed by atoms with van der Waals surface area (Å²) in [7, 11) is 0. The van der Waals surface area contributed by atoms with E-state index in [-0.39, 0.29) is 12.6 Å². The average Bonchev–Trinajstić information content (AvgIpc) is 2.54. The van der Waals surface area contributed by atoms with Crippen LogP contribution >= 0.6 is 0 Å². The maximum absolute atomic E-state index is 9.30. The van der Waals surface area contributed by atoms with Gasteiger partial charge in [0.15, 0.2) is 0 Å². The summed E-state index contributed by atoms with van der Waals surface area (Å²) >= 11 is 0. The Morgan fingerprint density at radius 2 is 2.00 bits per heavy atom. The molecular formula is C18H29NO2. The normalized spacial score (nSPS) is 23.9. The molecule has 0 radical (unpaired) electrons. The van der Waals surface area contributed by atoms with Gasteiger partial charge in [-0.2, -0.15) is 0 Å². The fourth-order valence-electron chi connectivity index (χ4n) is 3.14. The van der Waals surface area contributed by atoms with Gasteiger partial charge in [-0.15, -0.1) is 0 Å². The first-order valence-electron chi connectivity index (χ1n) is 8.34. The van der Waals surface area contributed by atoms with Crippen LogP contribution in [0.4, 0.5) is 0 Å². The predicted octanol–water partition coefficient (Wildman–Crippen LogP) is 3.27. The monoisotopic (exact) mass is 291 g/mol. The largest absolute Gasteiger partial charge is 0.395 e. The van der Waals surface area contributed by atoms with E-state index in [1.807, 2.05) is 6.07 Å². The van der Waals surface area contributed by atoms with E-state index in [0.717, 1.165) is 25.7 Å². The zero-order valence-electron chi connectivity index (χ0n) is 13.1. The first-order chi connectivity index (χ1) is 10.3. The zero-order chi connectivity index (χ0) is 14.9. The molecule has 0 aliphatic carbocycles. The van der Waals surface area contributed by atoms with E-state index in [1.54, 1.807) is 0 Å². The quantitative estimate of drug-likeness (QED) is 0.772. The van der Waals surface area contributed by atoms with Crippen molar-refractivity contribution in [2.75, 3.05) is 6.61 Å². The lowest BCUT2D eigenvalue weighted by Gasteiger charge is -2.32. The highest BCUT2D eigenvalue weighted by Crippen LogP contribution is 2.20. The number of aliphatic hydroxyl groups is 1. The molecule has 0 bridgehead atoms. The summed E-state index contributed by atoms with van der Waals surface area (Å²) < 4.78 is 6.14. The Labute approximate surface area is 128 Å². The van der Waals surface area contributed by atoms with Crippen LogP contribution in [0.15, 0.2) is 30.3 Å². The second-order valence-electron chi connectivity index (χ2n) is 6.12. The maximum Gasteiger partial charge on any atom is 0.0720 e. The van der Waals surface area contributed by atoms with Crippen LogP contribution < -0.4 is 5.32 Å². The smallest absolute Gasteiger partial charge is 0.0720 e. The highest BCUT2D eigenvalue weighted by atomic mass is 16.5. The van der Waals surface area contributed by atoms with E-state index in [0.29, 0.717) is 18.8 Å². The van der Waals surface area contributed by atoms with Gasteiger partial charge in [-0.25, -0.2) is 0 Å². The van der Waals surface area contributed by atoms with Gasteiger partial charge in [0.2, 0.25) is 0 Å². The summed E-state index contributed by atoms with van der Waals surface area (Å²) in [4.78, 5) is 0. The Morgan fingerprint density at radius 3 is 2.71 bits per heavy atom. The van der Waals surface area contributed by atoms with E-state index >= 15 is 0 Å². The van der Waals surface area contributed by atoms with Crippen molar-refractivity contribution in [2.45, 2.75) is 70.2 Å². The van der Waals surface area contributed by atoms with Crippen molar-refractivity contribution in [1.82, 2.24) is 5.32 Å². The molecule has 118 valence electrons. The Morgan fingerprint density at radius 1 is 1.24 bits per heavy atom. The molecule has 1 aliphatic heterocycles. The molecule has 3 heteroatoms. The fraction of sp³-hybridized carbons (Fsp3) is 0.667. The average molecular weight is 291 g/mol. The van der Waals surface area contributed by atoms with Crippen molar-refractivity contribution in [3.8, 4) is 0 Å². The van der Waals surface area contributed by atoms with Crippen LogP contribution in [0.1, 0.15) is 51.0 Å². The van der Waals surface area contributed by atoms with Gasteiger partial charge in [0, 0.05) is 12.1 Å². The number of benzene rings is 1. The lowest BCUT2D eigenvalue weighted by Crippen LogP contribution is -2.45. The minimum atomic E-state index is 0.250. The molecule has 2 rings (SSSR count). The number of hydrogen-bond donors (Lipinski definition) is 2. The van der Waals surface area contributed by atoms with Crippen molar-refractivity contribution in [1.29, 1.82) is 0 Å². The molecule has 1 aromatic rings. The molecule has 0 unspecified atom stereocenters. The van der Waals surface area contributed by atoms with Crippen molar-refractivity contribution in [3.05, 3.63) is 35.9 Å². The second kappa shape index (κ2) is 9.19. The molecule has 1 fully saturated rings. The van der Waals surface area contributed by atoms with Gasteiger partial charge in [0.1, 0.15) is 0 Å². The molecule has 0 amide bonds. The summed E-state index contributed by atoms with van der Waals surface area (Å²) in [5.41, 5.74) is 1.24. The van der Waals surface area contributed by atoms with E-state index in [1.165, 1.54) is 18.4 Å². The standard InChI is InChI=1S/C18H29NO2/c1-2-7-18(21-14-15-8-4-3-5-9-15)12-16-10-6-11-17(13-20)19-16/h3-5,8-9,16-20H,2,6-7,10-14H2,1H3/t16-,17-,18+/m0/s1. The molecule has 0 saturated carbocycles. The molecule has 1 aliphatic rings. The van der Waals surface area contributed by atoms with Crippen LogP contribution in [0, 0.1) is 0 Å². The van der Waals surface area contributed by atoms with Crippen LogP contribution in [-0.4, -0.2) is 29.9 Å². The van der Waals surface area contributed by atoms with Gasteiger partial charge in [0.25, 0.3) is 0 Å². The van der Waals surface area contributed by atoms with Crippen LogP contribution in [0.3, 0.4) is 0 Å². The maximum atomic E-state index is 9.30. The minimum Gasteiger partial charge on any atom is -0.395 e. The lowest BCUT2D eigenvalue weighted by molar-refractivity contribution is 0.0177. The summed E-state index contributed by atoms with van der Waals surface area (Å²) in [6.07, 6.45) is 7.12. The van der Waals surface area contributed by atoms with Crippen molar-refractivity contribution >= 4 is 0 Å². The number of ether oxygens (including phenoxy) is 1. The van der Waals surface area contributed by atoms with Crippen LogP contribution in [0.5, 0.6) is 0 Å². The summed E-state index contributed by atoms with van der Waals surface area (Å²) in [5, 5.41) is 12.9. The first-order valence-corrected chi connectivity index (χ1v) is 8.34. The molecule has 1 aromatic carbocycles. The molecule has 1 heterocycles. The highest BCUT2D eigenvalue weighted by Gasteiger charge is 2.23. The molecule has 21 heavy (non-hydrogen) atoms. The molecule has 1 saturated heterocycles. The fourth-order valence-corrected chi connectivity index (χ4v) is 3.14. The first kappa shape index (κ1) is 16.5. The molecule has 3 atom stereocenters. The number of aliphatic hydroxyl groups excluding tert-OH is 1. The van der Waals surface area contributed by atoms with E-state index < -0.39 is 0 Å². The predicted molar refractivity (Wildman–Crippen MR) is 86.2 cm³/mol. The minimum absolute atomic E-state index is 0.250. The zero-order valence-corrected chi connectivity index (χ0v) is 13.1. The topological polar surface area (TPSA) is 41.5 Å². The van der Waals surface area contributed by atoms with E-state index in [9.17, 15) is 5.11 Å². The van der Waals surface area contributed by atoms with Gasteiger partial charge >= 0.3 is 0 Å². The van der Waals surface area contributed by atoms with Crippen LogP contribution in [0.2, 0.25) is 0 Å². The third-order valence-corrected chi connectivity index (χ3v) is 4.28. The van der Waals surface area contributed by atoms with Gasteiger partial charge in [-0.05, 0) is 31.2 Å². The van der Waals surface area contributed by atoms with Crippen LogP contribution in [0.25, 0.3) is 0 Å². The molecule has 2 N–H and O–H groups in total. The Hall–Kier alpha value is -0.900. The Kier molecular flexibility index (Phi) is 7.20. The SMILES string of the molecule is CCC[C@H](C[C@@H]1CCC[C@@H](CO)N1)OCc1ccccc1. The van der Waals surface area contributed by atoms with E-state index in [2.05, 4.69) is 36.5 Å². The number of hydrogen-bond acceptors (Lipinski definition) is 3. The number of nitrogens with one attached hydrogen (secondary N) is 1. The van der Waals surface area contributed by atoms with E-state index in [4.69, 9.17) is 4.74 Å².